The lowest BCUT2D eigenvalue weighted by Crippen LogP contribution is -2.05. The highest BCUT2D eigenvalue weighted by atomic mass is 79.9. The first-order chi connectivity index (χ1) is 6.06. The molecule has 0 saturated heterocycles. The van der Waals surface area contributed by atoms with Gasteiger partial charge in [-0.2, -0.15) is 0 Å². The Bertz CT molecular complexity index is 315. The van der Waals surface area contributed by atoms with Crippen LogP contribution in [0.1, 0.15) is 23.4 Å². The van der Waals surface area contributed by atoms with E-state index in [1.165, 1.54) is 6.07 Å². The average molecular weight is 251 g/mol. The quantitative estimate of drug-likeness (QED) is 0.877. The summed E-state index contributed by atoms with van der Waals surface area (Å²) in [7, 11) is 0. The fraction of sp³-hybridized carbons (Fsp3) is 0.375. The minimum Gasteiger partial charge on any atom is -0.325 e. The molecule has 0 unspecified atom stereocenters. The molecule has 72 valence electrons. The van der Waals surface area contributed by atoms with Crippen molar-refractivity contribution in [2.24, 2.45) is 5.73 Å². The molecule has 2 N–H and O–H groups in total. The van der Waals surface area contributed by atoms with Gasteiger partial charge in [0.15, 0.2) is 0 Å². The van der Waals surface area contributed by atoms with Crippen molar-refractivity contribution in [1.82, 2.24) is 4.98 Å². The van der Waals surface area contributed by atoms with Gasteiger partial charge in [0, 0.05) is 11.0 Å². The van der Waals surface area contributed by atoms with E-state index >= 15 is 0 Å². The van der Waals surface area contributed by atoms with Gasteiger partial charge in [-0.1, -0.05) is 15.9 Å². The second-order valence-corrected chi connectivity index (χ2v) is 3.46. The molecule has 1 rings (SSSR count). The van der Waals surface area contributed by atoms with Crippen molar-refractivity contribution < 1.29 is 8.78 Å². The molecule has 0 aromatic carbocycles. The molecule has 1 aromatic rings. The van der Waals surface area contributed by atoms with Crippen LogP contribution in [0.25, 0.3) is 0 Å². The molecule has 1 heterocycles. The molecule has 0 atom stereocenters. The number of halogens is 3. The Morgan fingerprint density at radius 3 is 2.69 bits per heavy atom. The van der Waals surface area contributed by atoms with Crippen LogP contribution in [0.4, 0.5) is 8.78 Å². The van der Waals surface area contributed by atoms with Crippen LogP contribution >= 0.6 is 15.9 Å². The van der Waals surface area contributed by atoms with Gasteiger partial charge in [-0.15, -0.1) is 0 Å². The predicted molar refractivity (Wildman–Crippen MR) is 49.5 cm³/mol. The number of alkyl halides is 2. The molecule has 13 heavy (non-hydrogen) atoms. The Balaban J connectivity index is 3.22. The van der Waals surface area contributed by atoms with Crippen molar-refractivity contribution >= 4 is 15.9 Å². The molecule has 0 radical (unpaired) electrons. The molecule has 2 nitrogen and oxygen atoms in total. The van der Waals surface area contributed by atoms with Crippen LogP contribution in [0.2, 0.25) is 0 Å². The Morgan fingerprint density at radius 1 is 1.62 bits per heavy atom. The SMILES string of the molecule is Cc1c(Br)cc(C(F)F)nc1CN. The highest BCUT2D eigenvalue weighted by molar-refractivity contribution is 9.10. The largest absolute Gasteiger partial charge is 0.325 e. The maximum absolute atomic E-state index is 12.3. The number of hydrogen-bond acceptors (Lipinski definition) is 2. The summed E-state index contributed by atoms with van der Waals surface area (Å²) in [5.41, 5.74) is 6.44. The third-order valence-corrected chi connectivity index (χ3v) is 2.57. The minimum atomic E-state index is -2.55. The van der Waals surface area contributed by atoms with Crippen molar-refractivity contribution in [3.8, 4) is 0 Å². The van der Waals surface area contributed by atoms with Gasteiger partial charge in [-0.05, 0) is 18.6 Å². The summed E-state index contributed by atoms with van der Waals surface area (Å²) < 4.78 is 25.2. The smallest absolute Gasteiger partial charge is 0.280 e. The monoisotopic (exact) mass is 250 g/mol. The van der Waals surface area contributed by atoms with Crippen LogP contribution in [0.3, 0.4) is 0 Å². The summed E-state index contributed by atoms with van der Waals surface area (Å²) >= 11 is 3.18. The Morgan fingerprint density at radius 2 is 2.23 bits per heavy atom. The maximum Gasteiger partial charge on any atom is 0.280 e. The first-order valence-corrected chi connectivity index (χ1v) is 4.49. The third kappa shape index (κ3) is 2.22. The van der Waals surface area contributed by atoms with Crippen molar-refractivity contribution in [1.29, 1.82) is 0 Å². The highest BCUT2D eigenvalue weighted by Gasteiger charge is 2.13. The zero-order valence-corrected chi connectivity index (χ0v) is 8.61. The second kappa shape index (κ2) is 4.11. The Labute approximate surface area is 83.3 Å². The van der Waals surface area contributed by atoms with Crippen LogP contribution in [-0.4, -0.2) is 4.98 Å². The zero-order chi connectivity index (χ0) is 10.0. The lowest BCUT2D eigenvalue weighted by Gasteiger charge is -2.07. The molecule has 0 fully saturated rings. The van der Waals surface area contributed by atoms with Crippen LogP contribution in [-0.2, 0) is 6.54 Å². The van der Waals surface area contributed by atoms with E-state index in [1.807, 2.05) is 0 Å². The first kappa shape index (κ1) is 10.5. The molecular formula is C8H9BrF2N2. The van der Waals surface area contributed by atoms with E-state index in [9.17, 15) is 8.78 Å². The number of rotatable bonds is 2. The summed E-state index contributed by atoms with van der Waals surface area (Å²) in [6.07, 6.45) is -2.55. The summed E-state index contributed by atoms with van der Waals surface area (Å²) in [5.74, 6) is 0. The van der Waals surface area contributed by atoms with Gasteiger partial charge in [0.25, 0.3) is 6.43 Å². The van der Waals surface area contributed by atoms with Crippen LogP contribution in [0, 0.1) is 6.92 Å². The second-order valence-electron chi connectivity index (χ2n) is 2.61. The number of nitrogens with zero attached hydrogens (tertiary/aromatic N) is 1. The van der Waals surface area contributed by atoms with Crippen molar-refractivity contribution in [3.63, 3.8) is 0 Å². The zero-order valence-electron chi connectivity index (χ0n) is 7.02. The Hall–Kier alpha value is -0.550. The molecule has 0 spiro atoms. The van der Waals surface area contributed by atoms with Gasteiger partial charge in [0.1, 0.15) is 5.69 Å². The molecular weight excluding hydrogens is 242 g/mol. The van der Waals surface area contributed by atoms with E-state index in [0.717, 1.165) is 5.56 Å². The van der Waals surface area contributed by atoms with E-state index in [0.29, 0.717) is 10.2 Å². The maximum atomic E-state index is 12.3. The minimum absolute atomic E-state index is 0.172. The highest BCUT2D eigenvalue weighted by Crippen LogP contribution is 2.24. The fourth-order valence-electron chi connectivity index (χ4n) is 0.958. The number of pyridine rings is 1. The fourth-order valence-corrected chi connectivity index (χ4v) is 1.42. The third-order valence-electron chi connectivity index (χ3n) is 1.75. The molecule has 0 bridgehead atoms. The lowest BCUT2D eigenvalue weighted by molar-refractivity contribution is 0.145. The van der Waals surface area contributed by atoms with Gasteiger partial charge in [-0.25, -0.2) is 8.78 Å². The van der Waals surface area contributed by atoms with Crippen molar-refractivity contribution in [3.05, 3.63) is 27.5 Å². The molecule has 0 aliphatic carbocycles. The van der Waals surface area contributed by atoms with Gasteiger partial charge >= 0.3 is 0 Å². The average Bonchev–Trinajstić information content (AvgIpc) is 2.09. The summed E-state index contributed by atoms with van der Waals surface area (Å²) in [5, 5.41) is 0. The molecule has 1 aromatic heterocycles. The molecule has 0 aliphatic heterocycles. The van der Waals surface area contributed by atoms with Gasteiger partial charge in [0.2, 0.25) is 0 Å². The predicted octanol–water partition coefficient (Wildman–Crippen LogP) is 2.55. The van der Waals surface area contributed by atoms with Crippen LogP contribution in [0.5, 0.6) is 0 Å². The summed E-state index contributed by atoms with van der Waals surface area (Å²) in [6.45, 7) is 1.96. The summed E-state index contributed by atoms with van der Waals surface area (Å²) in [6, 6.07) is 1.32. The van der Waals surface area contributed by atoms with E-state index in [1.54, 1.807) is 6.92 Å². The number of aromatic nitrogens is 1. The van der Waals surface area contributed by atoms with Gasteiger partial charge < -0.3 is 5.73 Å². The molecule has 0 saturated carbocycles. The molecule has 0 amide bonds. The number of nitrogens with two attached hydrogens (primary N) is 1. The van der Waals surface area contributed by atoms with Gasteiger partial charge in [-0.3, -0.25) is 4.98 Å². The van der Waals surface area contributed by atoms with E-state index in [4.69, 9.17) is 5.73 Å². The molecule has 5 heteroatoms. The lowest BCUT2D eigenvalue weighted by atomic mass is 10.2. The van der Waals surface area contributed by atoms with Crippen molar-refractivity contribution in [2.45, 2.75) is 19.9 Å². The van der Waals surface area contributed by atoms with Crippen molar-refractivity contribution in [2.75, 3.05) is 0 Å². The van der Waals surface area contributed by atoms with Crippen LogP contribution < -0.4 is 5.73 Å². The van der Waals surface area contributed by atoms with Gasteiger partial charge in [0.05, 0.1) is 5.69 Å². The first-order valence-electron chi connectivity index (χ1n) is 3.70. The van der Waals surface area contributed by atoms with E-state index in [-0.39, 0.29) is 12.2 Å². The van der Waals surface area contributed by atoms with E-state index in [2.05, 4.69) is 20.9 Å². The van der Waals surface area contributed by atoms with E-state index < -0.39 is 6.43 Å². The topological polar surface area (TPSA) is 38.9 Å². The normalized spacial score (nSPS) is 10.9. The van der Waals surface area contributed by atoms with Crippen LogP contribution in [0.15, 0.2) is 10.5 Å². The summed E-state index contributed by atoms with van der Waals surface area (Å²) in [4.78, 5) is 3.75. The molecule has 0 aliphatic rings. The Kier molecular flexibility index (Phi) is 3.33. The number of hydrogen-bond donors (Lipinski definition) is 1. The standard InChI is InChI=1S/C8H9BrF2N2/c1-4-5(9)2-6(8(10)11)13-7(4)3-12/h2,8H,3,12H2,1H3.